The molecule has 0 saturated carbocycles. The first-order valence-corrected chi connectivity index (χ1v) is 4.88. The molecule has 0 heterocycles. The van der Waals surface area contributed by atoms with Gasteiger partial charge < -0.3 is 4.74 Å². The summed E-state index contributed by atoms with van der Waals surface area (Å²) < 4.78 is 4.97. The van der Waals surface area contributed by atoms with Crippen molar-refractivity contribution >= 4 is 23.7 Å². The van der Waals surface area contributed by atoms with Gasteiger partial charge in [-0.3, -0.25) is 9.59 Å². The molecular formula is C11H8ClNO3. The lowest BCUT2D eigenvalue weighted by molar-refractivity contribution is 0.101. The fraction of sp³-hybridized carbons (Fsp3) is 0.182. The van der Waals surface area contributed by atoms with Crippen molar-refractivity contribution in [2.45, 2.75) is 0 Å². The molecule has 1 aromatic carbocycles. The van der Waals surface area contributed by atoms with Crippen LogP contribution in [0, 0.1) is 11.3 Å². The predicted molar refractivity (Wildman–Crippen MR) is 58.1 cm³/mol. The number of carbonyl (C=O) groups excluding carboxylic acids is 2. The molecule has 0 N–H and O–H groups in total. The monoisotopic (exact) mass is 237 g/mol. The van der Waals surface area contributed by atoms with Crippen LogP contribution < -0.4 is 4.74 Å². The molecule has 0 spiro atoms. The van der Waals surface area contributed by atoms with Gasteiger partial charge in [0.25, 0.3) is 0 Å². The number of hydrogen-bond donors (Lipinski definition) is 0. The van der Waals surface area contributed by atoms with E-state index in [1.807, 2.05) is 6.07 Å². The zero-order valence-electron chi connectivity index (χ0n) is 8.49. The Bertz CT molecular complexity index is 477. The summed E-state index contributed by atoms with van der Waals surface area (Å²) in [7, 11) is 1.33. The van der Waals surface area contributed by atoms with Crippen molar-refractivity contribution < 1.29 is 14.3 Å². The highest BCUT2D eigenvalue weighted by atomic mass is 35.5. The Morgan fingerprint density at radius 2 is 2.31 bits per heavy atom. The van der Waals surface area contributed by atoms with Gasteiger partial charge in [0.05, 0.1) is 29.7 Å². The molecule has 0 radical (unpaired) electrons. The number of hydrogen-bond acceptors (Lipinski definition) is 4. The quantitative estimate of drug-likeness (QED) is 0.455. The van der Waals surface area contributed by atoms with Gasteiger partial charge in [-0.15, -0.1) is 11.6 Å². The Morgan fingerprint density at radius 1 is 1.62 bits per heavy atom. The summed E-state index contributed by atoms with van der Waals surface area (Å²) >= 11 is 5.43. The van der Waals surface area contributed by atoms with E-state index in [2.05, 4.69) is 0 Å². The van der Waals surface area contributed by atoms with Gasteiger partial charge in [0.15, 0.2) is 12.1 Å². The second-order valence-electron chi connectivity index (χ2n) is 2.89. The molecule has 0 aromatic heterocycles. The van der Waals surface area contributed by atoms with E-state index in [4.69, 9.17) is 21.6 Å². The van der Waals surface area contributed by atoms with E-state index in [1.54, 1.807) is 0 Å². The van der Waals surface area contributed by atoms with Gasteiger partial charge in [-0.05, 0) is 12.1 Å². The van der Waals surface area contributed by atoms with Crippen LogP contribution in [-0.2, 0) is 0 Å². The minimum absolute atomic E-state index is 0.0703. The number of alkyl halides is 1. The number of nitrogens with zero attached hydrogens (tertiary/aromatic N) is 1. The first kappa shape index (κ1) is 12.2. The molecule has 0 aliphatic heterocycles. The van der Waals surface area contributed by atoms with E-state index in [1.165, 1.54) is 19.2 Å². The molecule has 1 aromatic rings. The molecule has 0 unspecified atom stereocenters. The Labute approximate surface area is 97.4 Å². The predicted octanol–water partition coefficient (Wildman–Crippen LogP) is 1.80. The third-order valence-corrected chi connectivity index (χ3v) is 2.30. The number of halogens is 1. The number of aldehydes is 1. The van der Waals surface area contributed by atoms with Crippen molar-refractivity contribution in [1.82, 2.24) is 0 Å². The Hall–Kier alpha value is -1.86. The van der Waals surface area contributed by atoms with Gasteiger partial charge in [0.1, 0.15) is 11.8 Å². The number of rotatable bonds is 4. The number of ether oxygens (including phenoxy) is 1. The maximum atomic E-state index is 11.5. The molecule has 0 bridgehead atoms. The zero-order valence-corrected chi connectivity index (χ0v) is 9.25. The zero-order chi connectivity index (χ0) is 12.1. The van der Waals surface area contributed by atoms with Crippen molar-refractivity contribution in [3.8, 4) is 11.8 Å². The average Bonchev–Trinajstić information content (AvgIpc) is 2.35. The topological polar surface area (TPSA) is 67.2 Å². The highest BCUT2D eigenvalue weighted by molar-refractivity contribution is 6.31. The lowest BCUT2D eigenvalue weighted by atomic mass is 10.0. The Morgan fingerprint density at radius 3 is 2.75 bits per heavy atom. The largest absolute Gasteiger partial charge is 0.495 e. The lowest BCUT2D eigenvalue weighted by Gasteiger charge is -2.09. The van der Waals surface area contributed by atoms with Crippen LogP contribution in [0.5, 0.6) is 5.75 Å². The summed E-state index contributed by atoms with van der Waals surface area (Å²) in [5.74, 6) is -0.466. The normalized spacial score (nSPS) is 9.31. The molecule has 5 heteroatoms. The number of methoxy groups -OCH3 is 1. The average molecular weight is 238 g/mol. The fourth-order valence-corrected chi connectivity index (χ4v) is 1.47. The van der Waals surface area contributed by atoms with E-state index >= 15 is 0 Å². The van der Waals surface area contributed by atoms with E-state index in [0.29, 0.717) is 6.29 Å². The molecule has 0 fully saturated rings. The number of benzene rings is 1. The molecular weight excluding hydrogens is 230 g/mol. The second kappa shape index (κ2) is 5.29. The van der Waals surface area contributed by atoms with E-state index in [9.17, 15) is 9.59 Å². The molecule has 0 saturated heterocycles. The van der Waals surface area contributed by atoms with Crippen molar-refractivity contribution in [1.29, 1.82) is 5.26 Å². The van der Waals surface area contributed by atoms with Crippen LogP contribution in [0.3, 0.4) is 0 Å². The highest BCUT2D eigenvalue weighted by Gasteiger charge is 2.17. The molecule has 0 aliphatic carbocycles. The maximum Gasteiger partial charge on any atom is 0.181 e. The van der Waals surface area contributed by atoms with Gasteiger partial charge in [-0.25, -0.2) is 0 Å². The van der Waals surface area contributed by atoms with Gasteiger partial charge in [-0.1, -0.05) is 0 Å². The summed E-state index contributed by atoms with van der Waals surface area (Å²) in [5.41, 5.74) is 0.442. The van der Waals surface area contributed by atoms with E-state index < -0.39 is 0 Å². The number of carbonyl (C=O) groups is 2. The molecule has 82 valence electrons. The van der Waals surface area contributed by atoms with Crippen LogP contribution in [0.15, 0.2) is 12.1 Å². The summed E-state index contributed by atoms with van der Waals surface area (Å²) in [6.45, 7) is 0. The number of Topliss-reactive ketones (excluding diaryl/α,β-unsaturated/α-hetero) is 1. The van der Waals surface area contributed by atoms with Crippen molar-refractivity contribution in [3.63, 3.8) is 0 Å². The molecule has 16 heavy (non-hydrogen) atoms. The standard InChI is InChI=1S/C11H8ClNO3/c1-16-11-8(10(15)4-12)3-2-7(5-13)9(11)6-14/h2-3,6H,4H2,1H3. The molecule has 4 nitrogen and oxygen atoms in total. The maximum absolute atomic E-state index is 11.5. The molecule has 0 amide bonds. The van der Waals surface area contributed by atoms with Crippen LogP contribution in [0.2, 0.25) is 0 Å². The molecule has 0 atom stereocenters. The minimum atomic E-state index is -0.355. The van der Waals surface area contributed by atoms with Crippen molar-refractivity contribution in [3.05, 3.63) is 28.8 Å². The summed E-state index contributed by atoms with van der Waals surface area (Å²) in [4.78, 5) is 22.3. The number of nitriles is 1. The summed E-state index contributed by atoms with van der Waals surface area (Å²) in [5, 5.41) is 8.78. The van der Waals surface area contributed by atoms with E-state index in [0.717, 1.165) is 0 Å². The molecule has 1 rings (SSSR count). The van der Waals surface area contributed by atoms with Crippen LogP contribution in [0.25, 0.3) is 0 Å². The van der Waals surface area contributed by atoms with Crippen LogP contribution in [0.4, 0.5) is 0 Å². The summed E-state index contributed by atoms with van der Waals surface area (Å²) in [6.07, 6.45) is 0.488. The lowest BCUT2D eigenvalue weighted by Crippen LogP contribution is -2.06. The van der Waals surface area contributed by atoms with Crippen LogP contribution in [-0.4, -0.2) is 25.1 Å². The summed E-state index contributed by atoms with van der Waals surface area (Å²) in [6, 6.07) is 4.67. The van der Waals surface area contributed by atoms with Crippen LogP contribution >= 0.6 is 11.6 Å². The minimum Gasteiger partial charge on any atom is -0.495 e. The van der Waals surface area contributed by atoms with E-state index in [-0.39, 0.29) is 34.1 Å². The third kappa shape index (κ3) is 2.05. The van der Waals surface area contributed by atoms with Gasteiger partial charge in [0, 0.05) is 0 Å². The van der Waals surface area contributed by atoms with Crippen molar-refractivity contribution in [2.75, 3.05) is 13.0 Å². The fourth-order valence-electron chi connectivity index (χ4n) is 1.33. The Balaban J connectivity index is 3.50. The third-order valence-electron chi connectivity index (χ3n) is 2.06. The van der Waals surface area contributed by atoms with Crippen LogP contribution in [0.1, 0.15) is 26.3 Å². The van der Waals surface area contributed by atoms with Gasteiger partial charge >= 0.3 is 0 Å². The first-order valence-electron chi connectivity index (χ1n) is 4.35. The van der Waals surface area contributed by atoms with Crippen molar-refractivity contribution in [2.24, 2.45) is 0 Å². The highest BCUT2D eigenvalue weighted by Crippen LogP contribution is 2.26. The van der Waals surface area contributed by atoms with Gasteiger partial charge in [0.2, 0.25) is 0 Å². The number of ketones is 1. The Kier molecular flexibility index (Phi) is 4.03. The first-order chi connectivity index (χ1) is 7.69. The molecule has 0 aliphatic rings. The van der Waals surface area contributed by atoms with Gasteiger partial charge in [-0.2, -0.15) is 5.26 Å². The SMILES string of the molecule is COc1c(C(=O)CCl)ccc(C#N)c1C=O. The smallest absolute Gasteiger partial charge is 0.181 e. The second-order valence-corrected chi connectivity index (χ2v) is 3.16.